The van der Waals surface area contributed by atoms with Gasteiger partial charge < -0.3 is 5.32 Å². The van der Waals surface area contributed by atoms with E-state index in [-0.39, 0.29) is 11.6 Å². The lowest BCUT2D eigenvalue weighted by atomic mass is 10.1. The summed E-state index contributed by atoms with van der Waals surface area (Å²) in [4.78, 5) is 22.2. The first kappa shape index (κ1) is 16.6. The van der Waals surface area contributed by atoms with Gasteiger partial charge in [0.05, 0.1) is 10.5 Å². The number of carbonyl (C=O) groups excluding carboxylic acids is 1. The number of nitrogens with one attached hydrogen (secondary N) is 1. The van der Waals surface area contributed by atoms with Gasteiger partial charge in [0.25, 0.3) is 11.6 Å². The summed E-state index contributed by atoms with van der Waals surface area (Å²) in [6.45, 7) is 4.91. The van der Waals surface area contributed by atoms with Gasteiger partial charge in [-0.05, 0) is 34.3 Å². The number of rotatable bonds is 7. The van der Waals surface area contributed by atoms with Crippen LogP contribution >= 0.6 is 15.9 Å². The van der Waals surface area contributed by atoms with Crippen LogP contribution in [-0.4, -0.2) is 17.4 Å². The molecule has 0 radical (unpaired) electrons. The van der Waals surface area contributed by atoms with E-state index >= 15 is 0 Å². The Morgan fingerprint density at radius 1 is 1.40 bits per heavy atom. The number of nitro benzene ring substituents is 1. The monoisotopic (exact) mass is 342 g/mol. The summed E-state index contributed by atoms with van der Waals surface area (Å²) in [6, 6.07) is 4.17. The highest BCUT2D eigenvalue weighted by Gasteiger charge is 2.14. The van der Waals surface area contributed by atoms with Crippen LogP contribution in [0.1, 0.15) is 43.5 Å². The van der Waals surface area contributed by atoms with Crippen molar-refractivity contribution in [2.24, 2.45) is 5.92 Å². The molecule has 0 aliphatic heterocycles. The molecule has 0 spiro atoms. The Balaban J connectivity index is 2.55. The van der Waals surface area contributed by atoms with Crippen molar-refractivity contribution in [3.8, 4) is 0 Å². The topological polar surface area (TPSA) is 72.2 Å². The number of benzene rings is 1. The van der Waals surface area contributed by atoms with Crippen molar-refractivity contribution in [3.05, 3.63) is 38.3 Å². The average Bonchev–Trinajstić information content (AvgIpc) is 2.37. The smallest absolute Gasteiger partial charge is 0.270 e. The Hall–Kier alpha value is -1.43. The molecule has 0 aliphatic rings. The van der Waals surface area contributed by atoms with E-state index in [1.54, 1.807) is 0 Å². The third-order valence-electron chi connectivity index (χ3n) is 2.90. The summed E-state index contributed by atoms with van der Waals surface area (Å²) in [6.07, 6.45) is 3.11. The van der Waals surface area contributed by atoms with E-state index in [2.05, 4.69) is 35.1 Å². The van der Waals surface area contributed by atoms with Crippen LogP contribution in [0.15, 0.2) is 22.7 Å². The van der Waals surface area contributed by atoms with Crippen molar-refractivity contribution in [2.45, 2.75) is 33.1 Å². The fraction of sp³-hybridized carbons (Fsp3) is 0.500. The van der Waals surface area contributed by atoms with Crippen molar-refractivity contribution in [2.75, 3.05) is 6.54 Å². The van der Waals surface area contributed by atoms with Crippen LogP contribution in [0.25, 0.3) is 0 Å². The number of amides is 1. The molecule has 0 aromatic heterocycles. The van der Waals surface area contributed by atoms with Gasteiger partial charge in [0.2, 0.25) is 0 Å². The van der Waals surface area contributed by atoms with Crippen molar-refractivity contribution >= 4 is 27.5 Å². The maximum atomic E-state index is 12.0. The Bertz CT molecular complexity index is 489. The Morgan fingerprint density at radius 2 is 2.10 bits per heavy atom. The molecular formula is C14H19BrN2O3. The minimum absolute atomic E-state index is 0.0850. The number of hydrogen-bond acceptors (Lipinski definition) is 3. The Labute approximate surface area is 127 Å². The highest BCUT2D eigenvalue weighted by Crippen LogP contribution is 2.22. The molecule has 1 amide bonds. The summed E-state index contributed by atoms with van der Waals surface area (Å²) in [5.41, 5.74) is 0.209. The average molecular weight is 343 g/mol. The lowest BCUT2D eigenvalue weighted by Gasteiger charge is -2.08. The van der Waals surface area contributed by atoms with E-state index < -0.39 is 4.92 Å². The van der Waals surface area contributed by atoms with E-state index in [1.165, 1.54) is 18.2 Å². The fourth-order valence-electron chi connectivity index (χ4n) is 1.78. The summed E-state index contributed by atoms with van der Waals surface area (Å²) < 4.78 is 0.558. The summed E-state index contributed by atoms with van der Waals surface area (Å²) >= 11 is 3.24. The first-order valence-electron chi connectivity index (χ1n) is 6.64. The van der Waals surface area contributed by atoms with E-state index in [0.29, 0.717) is 22.5 Å². The molecule has 1 aromatic carbocycles. The summed E-state index contributed by atoms with van der Waals surface area (Å²) in [5.74, 6) is 0.377. The number of halogens is 1. The standard InChI is InChI=1S/C14H19BrN2O3/c1-10(2)5-3-4-8-16-14(18)12-9-11(17(19)20)6-7-13(12)15/h6-7,9-10H,3-5,8H2,1-2H3,(H,16,18). The van der Waals surface area contributed by atoms with Gasteiger partial charge in [-0.25, -0.2) is 0 Å². The van der Waals surface area contributed by atoms with Crippen molar-refractivity contribution in [1.29, 1.82) is 0 Å². The minimum atomic E-state index is -0.508. The van der Waals surface area contributed by atoms with Crippen molar-refractivity contribution < 1.29 is 9.72 Å². The molecule has 0 saturated carbocycles. The van der Waals surface area contributed by atoms with Gasteiger partial charge in [-0.1, -0.05) is 26.7 Å². The van der Waals surface area contributed by atoms with Crippen molar-refractivity contribution in [3.63, 3.8) is 0 Å². The third kappa shape index (κ3) is 5.28. The van der Waals surface area contributed by atoms with E-state index in [4.69, 9.17) is 0 Å². The number of carbonyl (C=O) groups is 1. The Kier molecular flexibility index (Phi) is 6.64. The lowest BCUT2D eigenvalue weighted by Crippen LogP contribution is -2.24. The summed E-state index contributed by atoms with van der Waals surface area (Å²) in [5, 5.41) is 13.5. The highest BCUT2D eigenvalue weighted by molar-refractivity contribution is 9.10. The van der Waals surface area contributed by atoms with E-state index in [9.17, 15) is 14.9 Å². The van der Waals surface area contributed by atoms with Gasteiger partial charge in [-0.3, -0.25) is 14.9 Å². The van der Waals surface area contributed by atoms with Crippen LogP contribution in [-0.2, 0) is 0 Å². The zero-order valence-corrected chi connectivity index (χ0v) is 13.3. The molecule has 0 atom stereocenters. The highest BCUT2D eigenvalue weighted by atomic mass is 79.9. The molecule has 0 saturated heterocycles. The first-order chi connectivity index (χ1) is 9.41. The summed E-state index contributed by atoms with van der Waals surface area (Å²) in [7, 11) is 0. The Morgan fingerprint density at radius 3 is 2.70 bits per heavy atom. The predicted molar refractivity (Wildman–Crippen MR) is 81.8 cm³/mol. The second kappa shape index (κ2) is 7.99. The molecule has 0 fully saturated rings. The molecule has 0 bridgehead atoms. The molecule has 1 rings (SSSR count). The largest absolute Gasteiger partial charge is 0.352 e. The maximum Gasteiger partial charge on any atom is 0.270 e. The number of non-ortho nitro benzene ring substituents is 1. The molecule has 6 heteroatoms. The normalized spacial score (nSPS) is 10.6. The molecule has 110 valence electrons. The van der Waals surface area contributed by atoms with Gasteiger partial charge in [-0.15, -0.1) is 0 Å². The molecule has 1 aromatic rings. The minimum Gasteiger partial charge on any atom is -0.352 e. The van der Waals surface area contributed by atoms with Crippen LogP contribution in [0.5, 0.6) is 0 Å². The zero-order valence-electron chi connectivity index (χ0n) is 11.7. The molecule has 0 heterocycles. The molecule has 5 nitrogen and oxygen atoms in total. The van der Waals surface area contributed by atoms with Gasteiger partial charge in [0.1, 0.15) is 0 Å². The van der Waals surface area contributed by atoms with Gasteiger partial charge in [0.15, 0.2) is 0 Å². The van der Waals surface area contributed by atoms with E-state index in [0.717, 1.165) is 19.3 Å². The van der Waals surface area contributed by atoms with Crippen molar-refractivity contribution in [1.82, 2.24) is 5.32 Å². The lowest BCUT2D eigenvalue weighted by molar-refractivity contribution is -0.384. The number of hydrogen-bond donors (Lipinski definition) is 1. The predicted octanol–water partition coefficient (Wildman–Crippen LogP) is 3.91. The maximum absolute atomic E-state index is 12.0. The third-order valence-corrected chi connectivity index (χ3v) is 3.59. The van der Waals surface area contributed by atoms with Gasteiger partial charge in [0, 0.05) is 23.2 Å². The molecule has 0 aliphatic carbocycles. The number of nitro groups is 1. The first-order valence-corrected chi connectivity index (χ1v) is 7.43. The number of nitrogens with zero attached hydrogens (tertiary/aromatic N) is 1. The zero-order chi connectivity index (χ0) is 15.1. The van der Waals surface area contributed by atoms with Crippen LogP contribution in [0.3, 0.4) is 0 Å². The van der Waals surface area contributed by atoms with Gasteiger partial charge >= 0.3 is 0 Å². The van der Waals surface area contributed by atoms with E-state index in [1.807, 2.05) is 0 Å². The van der Waals surface area contributed by atoms with Crippen LogP contribution in [0.2, 0.25) is 0 Å². The SMILES string of the molecule is CC(C)CCCCNC(=O)c1cc([N+](=O)[O-])ccc1Br. The molecular weight excluding hydrogens is 324 g/mol. The second-order valence-electron chi connectivity index (χ2n) is 5.07. The fourth-order valence-corrected chi connectivity index (χ4v) is 2.20. The van der Waals surface area contributed by atoms with Gasteiger partial charge in [-0.2, -0.15) is 0 Å². The molecule has 0 unspecified atom stereocenters. The molecule has 20 heavy (non-hydrogen) atoms. The van der Waals surface area contributed by atoms with Crippen LogP contribution in [0, 0.1) is 16.0 Å². The van der Waals surface area contributed by atoms with Crippen LogP contribution in [0.4, 0.5) is 5.69 Å². The number of unbranched alkanes of at least 4 members (excludes halogenated alkanes) is 1. The molecule has 1 N–H and O–H groups in total. The second-order valence-corrected chi connectivity index (χ2v) is 5.92. The quantitative estimate of drug-likeness (QED) is 0.463. The van der Waals surface area contributed by atoms with Crippen LogP contribution < -0.4 is 5.32 Å².